The Morgan fingerprint density at radius 3 is 2.44 bits per heavy atom. The molecule has 2 heteroatoms. The average Bonchev–Trinajstić information content (AvgIpc) is 2.84. The molecule has 18 heavy (non-hydrogen) atoms. The zero-order chi connectivity index (χ0) is 12.5. The van der Waals surface area contributed by atoms with E-state index in [2.05, 4.69) is 54.1 Å². The fraction of sp³-hybridized carbons (Fsp3) is 0.125. The second-order valence-corrected chi connectivity index (χ2v) is 4.39. The second-order valence-electron chi connectivity index (χ2n) is 4.39. The van der Waals surface area contributed by atoms with E-state index in [1.165, 1.54) is 16.5 Å². The lowest BCUT2D eigenvalue weighted by molar-refractivity contribution is 0.415. The van der Waals surface area contributed by atoms with Gasteiger partial charge >= 0.3 is 0 Å². The first-order valence-corrected chi connectivity index (χ1v) is 6.01. The number of rotatable bonds is 2. The molecule has 0 radical (unpaired) electrons. The molecule has 0 aliphatic rings. The summed E-state index contributed by atoms with van der Waals surface area (Å²) in [5.41, 5.74) is 3.69. The smallest absolute Gasteiger partial charge is 0.119 e. The van der Waals surface area contributed by atoms with E-state index < -0.39 is 0 Å². The highest BCUT2D eigenvalue weighted by molar-refractivity contribution is 5.85. The van der Waals surface area contributed by atoms with Crippen LogP contribution in [-0.4, -0.2) is 11.7 Å². The summed E-state index contributed by atoms with van der Waals surface area (Å²) in [5, 5.41) is 1.30. The van der Waals surface area contributed by atoms with Crippen LogP contribution in [0.2, 0.25) is 0 Å². The molecule has 0 aliphatic heterocycles. The van der Waals surface area contributed by atoms with Crippen molar-refractivity contribution in [2.45, 2.75) is 6.92 Å². The van der Waals surface area contributed by atoms with Crippen LogP contribution >= 0.6 is 0 Å². The normalized spacial score (nSPS) is 10.8. The molecule has 3 aromatic rings. The van der Waals surface area contributed by atoms with Crippen molar-refractivity contribution < 1.29 is 4.74 Å². The van der Waals surface area contributed by atoms with Crippen molar-refractivity contribution >= 4 is 10.9 Å². The van der Waals surface area contributed by atoms with Crippen LogP contribution in [-0.2, 0) is 0 Å². The summed E-state index contributed by atoms with van der Waals surface area (Å²) in [7, 11) is 1.68. The molecule has 0 N–H and O–H groups in total. The molecule has 0 aliphatic carbocycles. The van der Waals surface area contributed by atoms with Gasteiger partial charge in [0.25, 0.3) is 0 Å². The molecular weight excluding hydrogens is 222 g/mol. The zero-order valence-electron chi connectivity index (χ0n) is 10.6. The van der Waals surface area contributed by atoms with Crippen molar-refractivity contribution in [3.63, 3.8) is 0 Å². The summed E-state index contributed by atoms with van der Waals surface area (Å²) in [6.45, 7) is 2.14. The van der Waals surface area contributed by atoms with Crippen LogP contribution < -0.4 is 4.74 Å². The van der Waals surface area contributed by atoms with Crippen molar-refractivity contribution in [1.82, 2.24) is 4.57 Å². The predicted octanol–water partition coefficient (Wildman–Crippen LogP) is 3.95. The average molecular weight is 237 g/mol. The Bertz CT molecular complexity index is 680. The summed E-state index contributed by atoms with van der Waals surface area (Å²) in [6, 6.07) is 16.6. The number of ether oxygens (including phenoxy) is 1. The SMILES string of the molecule is COc1ccc(-n2ccc3c(C)cccc32)cc1. The van der Waals surface area contributed by atoms with Crippen LogP contribution in [0.25, 0.3) is 16.6 Å². The number of nitrogens with zero attached hydrogens (tertiary/aromatic N) is 1. The van der Waals surface area contributed by atoms with Gasteiger partial charge in [0, 0.05) is 17.3 Å². The van der Waals surface area contributed by atoms with Gasteiger partial charge < -0.3 is 9.30 Å². The molecule has 0 atom stereocenters. The maximum Gasteiger partial charge on any atom is 0.119 e. The number of methoxy groups -OCH3 is 1. The largest absolute Gasteiger partial charge is 0.497 e. The van der Waals surface area contributed by atoms with Gasteiger partial charge in [-0.3, -0.25) is 0 Å². The highest BCUT2D eigenvalue weighted by Gasteiger charge is 2.04. The van der Waals surface area contributed by atoms with E-state index in [0.717, 1.165) is 11.4 Å². The molecule has 0 saturated heterocycles. The van der Waals surface area contributed by atoms with Gasteiger partial charge in [0.15, 0.2) is 0 Å². The molecule has 2 aromatic carbocycles. The number of fused-ring (bicyclic) bond motifs is 1. The van der Waals surface area contributed by atoms with Crippen molar-refractivity contribution in [3.8, 4) is 11.4 Å². The van der Waals surface area contributed by atoms with Crippen molar-refractivity contribution in [2.75, 3.05) is 7.11 Å². The van der Waals surface area contributed by atoms with E-state index in [-0.39, 0.29) is 0 Å². The van der Waals surface area contributed by atoms with Gasteiger partial charge in [-0.15, -0.1) is 0 Å². The van der Waals surface area contributed by atoms with E-state index in [1.54, 1.807) is 7.11 Å². The highest BCUT2D eigenvalue weighted by atomic mass is 16.5. The molecule has 0 fully saturated rings. The van der Waals surface area contributed by atoms with Gasteiger partial charge in [-0.2, -0.15) is 0 Å². The molecule has 0 saturated carbocycles. The molecule has 0 bridgehead atoms. The third kappa shape index (κ3) is 1.66. The number of hydrogen-bond acceptors (Lipinski definition) is 1. The van der Waals surface area contributed by atoms with Crippen LogP contribution in [0.4, 0.5) is 0 Å². The summed E-state index contributed by atoms with van der Waals surface area (Å²) in [6.07, 6.45) is 2.11. The van der Waals surface area contributed by atoms with Crippen LogP contribution in [0, 0.1) is 6.92 Å². The lowest BCUT2D eigenvalue weighted by Crippen LogP contribution is -1.92. The first-order valence-electron chi connectivity index (χ1n) is 6.01. The summed E-state index contributed by atoms with van der Waals surface area (Å²) in [5.74, 6) is 0.881. The van der Waals surface area contributed by atoms with Gasteiger partial charge in [-0.1, -0.05) is 12.1 Å². The van der Waals surface area contributed by atoms with Gasteiger partial charge in [0.1, 0.15) is 5.75 Å². The fourth-order valence-electron chi connectivity index (χ4n) is 2.29. The minimum Gasteiger partial charge on any atom is -0.497 e. The van der Waals surface area contributed by atoms with Crippen LogP contribution in [0.5, 0.6) is 5.75 Å². The second kappa shape index (κ2) is 4.22. The Kier molecular flexibility index (Phi) is 2.56. The van der Waals surface area contributed by atoms with Gasteiger partial charge in [-0.05, 0) is 48.9 Å². The molecule has 0 unspecified atom stereocenters. The Balaban J connectivity index is 2.16. The summed E-state index contributed by atoms with van der Waals surface area (Å²) < 4.78 is 7.38. The Labute approximate surface area is 106 Å². The molecule has 2 nitrogen and oxygen atoms in total. The Morgan fingerprint density at radius 2 is 1.72 bits per heavy atom. The van der Waals surface area contributed by atoms with Crippen molar-refractivity contribution in [3.05, 3.63) is 60.3 Å². The van der Waals surface area contributed by atoms with E-state index in [0.29, 0.717) is 0 Å². The maximum atomic E-state index is 5.18. The first-order chi connectivity index (χ1) is 8.79. The Morgan fingerprint density at radius 1 is 0.944 bits per heavy atom. The lowest BCUT2D eigenvalue weighted by atomic mass is 10.1. The third-order valence-electron chi connectivity index (χ3n) is 3.30. The topological polar surface area (TPSA) is 14.2 Å². The van der Waals surface area contributed by atoms with Gasteiger partial charge in [0.05, 0.1) is 12.6 Å². The van der Waals surface area contributed by atoms with Crippen LogP contribution in [0.3, 0.4) is 0 Å². The maximum absolute atomic E-state index is 5.18. The highest BCUT2D eigenvalue weighted by Crippen LogP contribution is 2.24. The molecule has 0 amide bonds. The van der Waals surface area contributed by atoms with Crippen molar-refractivity contribution in [1.29, 1.82) is 0 Å². The van der Waals surface area contributed by atoms with Gasteiger partial charge in [0.2, 0.25) is 0 Å². The van der Waals surface area contributed by atoms with E-state index in [9.17, 15) is 0 Å². The fourth-order valence-corrected chi connectivity index (χ4v) is 2.29. The van der Waals surface area contributed by atoms with Crippen molar-refractivity contribution in [2.24, 2.45) is 0 Å². The molecular formula is C16H15NO. The monoisotopic (exact) mass is 237 g/mol. The number of aryl methyl sites for hydroxylation is 1. The quantitative estimate of drug-likeness (QED) is 0.658. The minimum absolute atomic E-state index is 0.881. The molecule has 1 aromatic heterocycles. The summed E-state index contributed by atoms with van der Waals surface area (Å²) >= 11 is 0. The van der Waals surface area contributed by atoms with E-state index in [1.807, 2.05) is 12.1 Å². The molecule has 0 spiro atoms. The third-order valence-corrected chi connectivity index (χ3v) is 3.30. The van der Waals surface area contributed by atoms with Gasteiger partial charge in [-0.25, -0.2) is 0 Å². The zero-order valence-corrected chi connectivity index (χ0v) is 10.6. The van der Waals surface area contributed by atoms with Crippen LogP contribution in [0.1, 0.15) is 5.56 Å². The predicted molar refractivity (Wildman–Crippen MR) is 74.6 cm³/mol. The van der Waals surface area contributed by atoms with E-state index in [4.69, 9.17) is 4.74 Å². The van der Waals surface area contributed by atoms with Crippen LogP contribution in [0.15, 0.2) is 54.7 Å². The standard InChI is InChI=1S/C16H15NO/c1-12-4-3-5-16-15(12)10-11-17(16)13-6-8-14(18-2)9-7-13/h3-11H,1-2H3. The lowest BCUT2D eigenvalue weighted by Gasteiger charge is -2.07. The van der Waals surface area contributed by atoms with E-state index >= 15 is 0 Å². The number of hydrogen-bond donors (Lipinski definition) is 0. The molecule has 1 heterocycles. The number of benzene rings is 2. The first kappa shape index (κ1) is 10.9. The summed E-state index contributed by atoms with van der Waals surface area (Å²) in [4.78, 5) is 0. The molecule has 3 rings (SSSR count). The Hall–Kier alpha value is -2.22. The minimum atomic E-state index is 0.881. The molecule has 90 valence electrons. The number of aromatic nitrogens is 1.